The van der Waals surface area contributed by atoms with Gasteiger partial charge in [-0.3, -0.25) is 9.69 Å². The molecule has 0 spiro atoms. The average Bonchev–Trinajstić information content (AvgIpc) is 2.28. The zero-order valence-electron chi connectivity index (χ0n) is 13.8. The van der Waals surface area contributed by atoms with Crippen LogP contribution in [0.15, 0.2) is 12.1 Å². The number of likely N-dealkylation sites (tertiary alicyclic amines) is 1. The van der Waals surface area contributed by atoms with Gasteiger partial charge >= 0.3 is 5.97 Å². The molecule has 120 valence electrons. The van der Waals surface area contributed by atoms with Gasteiger partial charge in [0.05, 0.1) is 6.42 Å². The number of carboxylic acid groups (broad SMARTS) is 1. The van der Waals surface area contributed by atoms with Gasteiger partial charge in [0.2, 0.25) is 0 Å². The summed E-state index contributed by atoms with van der Waals surface area (Å²) in [6.07, 6.45) is 0.273. The molecule has 3 rings (SSSR count). The number of hydrogen-bond acceptors (Lipinski definition) is 3. The fourth-order valence-corrected chi connectivity index (χ4v) is 3.88. The Morgan fingerprint density at radius 2 is 1.91 bits per heavy atom. The first-order valence-electron chi connectivity index (χ1n) is 8.11. The third kappa shape index (κ3) is 3.03. The lowest BCUT2D eigenvalue weighted by Gasteiger charge is -2.47. The summed E-state index contributed by atoms with van der Waals surface area (Å²) in [4.78, 5) is 13.3. The van der Waals surface area contributed by atoms with E-state index in [0.29, 0.717) is 5.92 Å². The molecule has 4 nitrogen and oxygen atoms in total. The summed E-state index contributed by atoms with van der Waals surface area (Å²) >= 11 is 0. The van der Waals surface area contributed by atoms with Gasteiger partial charge in [-0.2, -0.15) is 0 Å². The summed E-state index contributed by atoms with van der Waals surface area (Å²) in [5.41, 5.74) is 5.55. The van der Waals surface area contributed by atoms with Crippen molar-refractivity contribution < 1.29 is 9.90 Å². The van der Waals surface area contributed by atoms with E-state index in [2.05, 4.69) is 43.1 Å². The van der Waals surface area contributed by atoms with Gasteiger partial charge < -0.3 is 10.4 Å². The van der Waals surface area contributed by atoms with Crippen molar-refractivity contribution in [3.8, 4) is 0 Å². The molecule has 2 aliphatic heterocycles. The van der Waals surface area contributed by atoms with E-state index in [1.165, 1.54) is 22.3 Å². The maximum atomic E-state index is 10.9. The molecular formula is C18H26N2O2. The minimum Gasteiger partial charge on any atom is -0.481 e. The Morgan fingerprint density at radius 1 is 1.32 bits per heavy atom. The molecule has 0 saturated carbocycles. The molecule has 0 unspecified atom stereocenters. The largest absolute Gasteiger partial charge is 0.481 e. The predicted octanol–water partition coefficient (Wildman–Crippen LogP) is 2.29. The van der Waals surface area contributed by atoms with Crippen LogP contribution in [0, 0.1) is 19.3 Å². The van der Waals surface area contributed by atoms with Crippen LogP contribution in [-0.2, 0) is 11.3 Å². The second-order valence-electron chi connectivity index (χ2n) is 7.51. The monoisotopic (exact) mass is 302 g/mol. The van der Waals surface area contributed by atoms with Gasteiger partial charge in [0, 0.05) is 44.1 Å². The number of hydrogen-bond donors (Lipinski definition) is 2. The molecule has 2 heterocycles. The Morgan fingerprint density at radius 3 is 2.36 bits per heavy atom. The average molecular weight is 302 g/mol. The van der Waals surface area contributed by atoms with E-state index in [1.54, 1.807) is 0 Å². The van der Waals surface area contributed by atoms with E-state index in [1.807, 2.05) is 0 Å². The lowest BCUT2D eigenvalue weighted by molar-refractivity contribution is -0.143. The maximum Gasteiger partial charge on any atom is 0.303 e. The van der Waals surface area contributed by atoms with Crippen LogP contribution in [0.1, 0.15) is 41.5 Å². The molecule has 2 aliphatic rings. The lowest BCUT2D eigenvalue weighted by atomic mass is 9.78. The number of rotatable bonds is 5. The van der Waals surface area contributed by atoms with Gasteiger partial charge in [-0.25, -0.2) is 0 Å². The summed E-state index contributed by atoms with van der Waals surface area (Å²) in [5, 5.41) is 12.3. The number of nitrogens with one attached hydrogen (secondary N) is 1. The molecule has 0 aliphatic carbocycles. The van der Waals surface area contributed by atoms with Crippen LogP contribution in [0.25, 0.3) is 0 Å². The van der Waals surface area contributed by atoms with Crippen molar-refractivity contribution >= 4 is 5.97 Å². The van der Waals surface area contributed by atoms with Gasteiger partial charge in [-0.1, -0.05) is 19.1 Å². The normalized spacial score (nSPS) is 21.2. The zero-order valence-corrected chi connectivity index (χ0v) is 13.8. The first-order valence-corrected chi connectivity index (χ1v) is 8.11. The predicted molar refractivity (Wildman–Crippen MR) is 87.2 cm³/mol. The lowest BCUT2D eigenvalue weighted by Crippen LogP contribution is -2.54. The van der Waals surface area contributed by atoms with Crippen molar-refractivity contribution in [2.75, 3.05) is 26.2 Å². The van der Waals surface area contributed by atoms with Crippen molar-refractivity contribution in [3.63, 3.8) is 0 Å². The molecule has 4 heteroatoms. The molecule has 2 saturated heterocycles. The third-order valence-electron chi connectivity index (χ3n) is 5.14. The van der Waals surface area contributed by atoms with Crippen molar-refractivity contribution in [1.82, 2.24) is 10.2 Å². The van der Waals surface area contributed by atoms with E-state index in [4.69, 9.17) is 5.11 Å². The second kappa shape index (κ2) is 5.67. The molecule has 0 amide bonds. The van der Waals surface area contributed by atoms with E-state index >= 15 is 0 Å². The highest BCUT2D eigenvalue weighted by molar-refractivity contribution is 5.68. The van der Waals surface area contributed by atoms with Crippen molar-refractivity contribution in [3.05, 3.63) is 34.4 Å². The van der Waals surface area contributed by atoms with E-state index in [0.717, 1.165) is 32.7 Å². The van der Waals surface area contributed by atoms with Crippen LogP contribution in [-0.4, -0.2) is 42.2 Å². The van der Waals surface area contributed by atoms with Gasteiger partial charge in [0.25, 0.3) is 0 Å². The van der Waals surface area contributed by atoms with Gasteiger partial charge in [-0.15, -0.1) is 0 Å². The van der Waals surface area contributed by atoms with E-state index < -0.39 is 5.97 Å². The molecule has 0 bridgehead atoms. The maximum absolute atomic E-state index is 10.9. The van der Waals surface area contributed by atoms with Gasteiger partial charge in [0.15, 0.2) is 0 Å². The minimum atomic E-state index is -0.687. The van der Waals surface area contributed by atoms with E-state index in [9.17, 15) is 4.79 Å². The Labute approximate surface area is 132 Å². The van der Waals surface area contributed by atoms with Crippen LogP contribution in [0.2, 0.25) is 0 Å². The molecule has 0 radical (unpaired) electrons. The second-order valence-corrected chi connectivity index (χ2v) is 7.51. The molecule has 22 heavy (non-hydrogen) atoms. The summed E-state index contributed by atoms with van der Waals surface area (Å²) < 4.78 is 0. The van der Waals surface area contributed by atoms with Crippen molar-refractivity contribution in [2.45, 2.75) is 39.7 Å². The molecule has 1 aromatic rings. The van der Waals surface area contributed by atoms with Crippen LogP contribution >= 0.6 is 0 Å². The van der Waals surface area contributed by atoms with Crippen LogP contribution in [0.3, 0.4) is 0 Å². The molecule has 0 aromatic heterocycles. The highest BCUT2D eigenvalue weighted by Gasteiger charge is 2.40. The number of carbonyl (C=O) groups is 1. The summed E-state index contributed by atoms with van der Waals surface area (Å²) in [5.74, 6) is -0.0118. The quantitative estimate of drug-likeness (QED) is 0.876. The molecule has 2 fully saturated rings. The molecule has 0 atom stereocenters. The topological polar surface area (TPSA) is 52.6 Å². The molecule has 2 N–H and O–H groups in total. The first kappa shape index (κ1) is 15.5. The fourth-order valence-electron chi connectivity index (χ4n) is 3.88. The fraction of sp³-hybridized carbons (Fsp3) is 0.611. The number of aryl methyl sites for hydroxylation is 2. The molecular weight excluding hydrogens is 276 g/mol. The van der Waals surface area contributed by atoms with Crippen molar-refractivity contribution in [1.29, 1.82) is 0 Å². The van der Waals surface area contributed by atoms with Crippen molar-refractivity contribution in [2.24, 2.45) is 5.41 Å². The summed E-state index contributed by atoms with van der Waals surface area (Å²) in [6.45, 7) is 11.4. The van der Waals surface area contributed by atoms with Gasteiger partial charge in [-0.05, 0) is 36.1 Å². The Bertz CT molecular complexity index is 564. The summed E-state index contributed by atoms with van der Waals surface area (Å²) in [7, 11) is 0. The number of carboxylic acids is 1. The number of aliphatic carboxylic acids is 1. The summed E-state index contributed by atoms with van der Waals surface area (Å²) in [6, 6.07) is 4.67. The van der Waals surface area contributed by atoms with Crippen LogP contribution < -0.4 is 5.32 Å². The van der Waals surface area contributed by atoms with Crippen LogP contribution in [0.5, 0.6) is 0 Å². The Hall–Kier alpha value is -1.39. The highest BCUT2D eigenvalue weighted by atomic mass is 16.4. The number of nitrogens with zero attached hydrogens (tertiary/aromatic N) is 1. The van der Waals surface area contributed by atoms with Gasteiger partial charge in [0.1, 0.15) is 0 Å². The van der Waals surface area contributed by atoms with Crippen LogP contribution in [0.4, 0.5) is 0 Å². The Kier molecular flexibility index (Phi) is 4.00. The minimum absolute atomic E-state index is 0.0504. The smallest absolute Gasteiger partial charge is 0.303 e. The van der Waals surface area contributed by atoms with E-state index in [-0.39, 0.29) is 11.8 Å². The standard InChI is InChI=1S/C18H26N2O2/c1-12-4-14(15-7-19-8-15)5-13(2)16(12)9-20-10-18(3,11-20)6-17(21)22/h4-5,15,19H,6-11H2,1-3H3,(H,21,22). The Balaban J connectivity index is 1.65. The SMILES string of the molecule is Cc1cc(C2CNC2)cc(C)c1CN1CC(C)(CC(=O)O)C1. The first-order chi connectivity index (χ1) is 10.4. The molecule has 1 aromatic carbocycles. The third-order valence-corrected chi connectivity index (χ3v) is 5.14. The number of benzene rings is 1. The zero-order chi connectivity index (χ0) is 15.9. The highest BCUT2D eigenvalue weighted by Crippen LogP contribution is 2.35.